The Balaban J connectivity index is 2.43. The highest BCUT2D eigenvalue weighted by Crippen LogP contribution is 2.15. The molecule has 1 aliphatic rings. The summed E-state index contributed by atoms with van der Waals surface area (Å²) in [5.74, 6) is 0.705. The van der Waals surface area contributed by atoms with E-state index in [0.29, 0.717) is 12.5 Å². The van der Waals surface area contributed by atoms with E-state index in [1.54, 1.807) is 11.8 Å². The lowest BCUT2D eigenvalue weighted by molar-refractivity contribution is -0.140. The van der Waals surface area contributed by atoms with Crippen LogP contribution in [0.4, 0.5) is 0 Å². The first kappa shape index (κ1) is 16.0. The van der Waals surface area contributed by atoms with Gasteiger partial charge < -0.3 is 9.80 Å². The van der Waals surface area contributed by atoms with Crippen molar-refractivity contribution in [3.63, 3.8) is 0 Å². The number of likely N-dealkylation sites (tertiary alicyclic amines) is 1. The van der Waals surface area contributed by atoms with Gasteiger partial charge in [0.2, 0.25) is 11.8 Å². The summed E-state index contributed by atoms with van der Waals surface area (Å²) in [6, 6.07) is 0. The molecule has 110 valence electrons. The van der Waals surface area contributed by atoms with Gasteiger partial charge in [-0.1, -0.05) is 26.7 Å². The van der Waals surface area contributed by atoms with E-state index in [0.717, 1.165) is 38.8 Å². The zero-order valence-electron chi connectivity index (χ0n) is 12.7. The molecule has 19 heavy (non-hydrogen) atoms. The topological polar surface area (TPSA) is 40.6 Å². The van der Waals surface area contributed by atoms with E-state index < -0.39 is 0 Å². The summed E-state index contributed by atoms with van der Waals surface area (Å²) in [5.41, 5.74) is 0. The monoisotopic (exact) mass is 268 g/mol. The Morgan fingerprint density at radius 2 is 2.05 bits per heavy atom. The zero-order chi connectivity index (χ0) is 14.3. The third-order valence-corrected chi connectivity index (χ3v) is 3.81. The van der Waals surface area contributed by atoms with Crippen LogP contribution in [0.3, 0.4) is 0 Å². The van der Waals surface area contributed by atoms with Gasteiger partial charge in [-0.05, 0) is 25.2 Å². The highest BCUT2D eigenvalue weighted by molar-refractivity contribution is 5.83. The number of piperidine rings is 1. The fourth-order valence-corrected chi connectivity index (χ4v) is 2.58. The van der Waals surface area contributed by atoms with Crippen molar-refractivity contribution in [3.8, 4) is 0 Å². The van der Waals surface area contributed by atoms with Crippen LogP contribution in [0.5, 0.6) is 0 Å². The molecule has 2 amide bonds. The van der Waals surface area contributed by atoms with Gasteiger partial charge >= 0.3 is 0 Å². The lowest BCUT2D eigenvalue weighted by Crippen LogP contribution is -2.46. The molecule has 1 atom stereocenters. The van der Waals surface area contributed by atoms with Crippen LogP contribution < -0.4 is 0 Å². The summed E-state index contributed by atoms with van der Waals surface area (Å²) in [6.07, 6.45) is 5.52. The van der Waals surface area contributed by atoms with Crippen molar-refractivity contribution < 1.29 is 9.59 Å². The van der Waals surface area contributed by atoms with E-state index in [1.165, 1.54) is 6.42 Å². The molecular formula is C15H28N2O2. The van der Waals surface area contributed by atoms with Crippen molar-refractivity contribution in [2.45, 2.75) is 52.9 Å². The van der Waals surface area contributed by atoms with Crippen LogP contribution >= 0.6 is 0 Å². The van der Waals surface area contributed by atoms with Gasteiger partial charge in [-0.15, -0.1) is 0 Å². The summed E-state index contributed by atoms with van der Waals surface area (Å²) in [7, 11) is 0. The predicted octanol–water partition coefficient (Wildman–Crippen LogP) is 2.28. The third-order valence-electron chi connectivity index (χ3n) is 3.81. The fraction of sp³-hybridized carbons (Fsp3) is 0.867. The van der Waals surface area contributed by atoms with Crippen LogP contribution in [-0.2, 0) is 9.59 Å². The number of carbonyl (C=O) groups excluding carboxylic acids is 2. The fourth-order valence-electron chi connectivity index (χ4n) is 2.58. The van der Waals surface area contributed by atoms with Gasteiger partial charge in [-0.3, -0.25) is 9.59 Å². The largest absolute Gasteiger partial charge is 0.341 e. The Kier molecular flexibility index (Phi) is 6.89. The molecule has 4 nitrogen and oxygen atoms in total. The van der Waals surface area contributed by atoms with Crippen LogP contribution in [0.15, 0.2) is 0 Å². The minimum atomic E-state index is 0.00881. The van der Waals surface area contributed by atoms with Gasteiger partial charge in [-0.25, -0.2) is 0 Å². The van der Waals surface area contributed by atoms with Gasteiger partial charge in [0.05, 0.1) is 6.54 Å². The third kappa shape index (κ3) is 5.62. The molecule has 0 aromatic rings. The van der Waals surface area contributed by atoms with E-state index in [9.17, 15) is 9.59 Å². The van der Waals surface area contributed by atoms with Gasteiger partial charge in [0.25, 0.3) is 0 Å². The van der Waals surface area contributed by atoms with E-state index >= 15 is 0 Å². The Bertz CT molecular complexity index is 305. The Morgan fingerprint density at radius 3 is 2.63 bits per heavy atom. The normalized spacial score (nSPS) is 19.3. The number of unbranched alkanes of at least 4 members (excludes halogenated alkanes) is 2. The smallest absolute Gasteiger partial charge is 0.242 e. The molecule has 0 saturated carbocycles. The van der Waals surface area contributed by atoms with Gasteiger partial charge in [-0.2, -0.15) is 0 Å². The van der Waals surface area contributed by atoms with Crippen LogP contribution in [0, 0.1) is 5.92 Å². The molecule has 4 heteroatoms. The van der Waals surface area contributed by atoms with E-state index in [2.05, 4.69) is 13.8 Å². The molecule has 1 heterocycles. The first-order chi connectivity index (χ1) is 9.04. The molecule has 1 fully saturated rings. The number of nitrogens with zero attached hydrogens (tertiary/aromatic N) is 2. The maximum atomic E-state index is 12.2. The Hall–Kier alpha value is -1.06. The zero-order valence-corrected chi connectivity index (χ0v) is 12.7. The highest BCUT2D eigenvalue weighted by atomic mass is 16.2. The molecule has 1 unspecified atom stereocenters. The summed E-state index contributed by atoms with van der Waals surface area (Å²) in [6.45, 7) is 8.54. The van der Waals surface area contributed by atoms with Crippen molar-refractivity contribution in [1.82, 2.24) is 9.80 Å². The van der Waals surface area contributed by atoms with E-state index in [4.69, 9.17) is 0 Å². The van der Waals surface area contributed by atoms with Crippen molar-refractivity contribution >= 4 is 11.8 Å². The first-order valence-electron chi connectivity index (χ1n) is 7.57. The maximum Gasteiger partial charge on any atom is 0.242 e. The van der Waals surface area contributed by atoms with Crippen LogP contribution in [0.2, 0.25) is 0 Å². The van der Waals surface area contributed by atoms with E-state index in [1.807, 2.05) is 4.90 Å². The molecule has 0 N–H and O–H groups in total. The van der Waals surface area contributed by atoms with Crippen LogP contribution in [-0.4, -0.2) is 47.8 Å². The minimum absolute atomic E-state index is 0.00881. The summed E-state index contributed by atoms with van der Waals surface area (Å²) in [5, 5.41) is 0. The van der Waals surface area contributed by atoms with Crippen molar-refractivity contribution in [3.05, 3.63) is 0 Å². The molecule has 0 bridgehead atoms. The molecule has 0 spiro atoms. The predicted molar refractivity (Wildman–Crippen MR) is 76.8 cm³/mol. The molecule has 1 aliphatic heterocycles. The lowest BCUT2D eigenvalue weighted by atomic mass is 10.0. The summed E-state index contributed by atoms with van der Waals surface area (Å²) < 4.78 is 0. The van der Waals surface area contributed by atoms with Crippen molar-refractivity contribution in [2.24, 2.45) is 5.92 Å². The lowest BCUT2D eigenvalue weighted by Gasteiger charge is -2.32. The minimum Gasteiger partial charge on any atom is -0.341 e. The summed E-state index contributed by atoms with van der Waals surface area (Å²) >= 11 is 0. The SMILES string of the molecule is CCCCCN(CC(=O)N1CCCC(C)C1)C(C)=O. The van der Waals surface area contributed by atoms with Gasteiger partial charge in [0.1, 0.15) is 0 Å². The average Bonchev–Trinajstić information content (AvgIpc) is 2.37. The van der Waals surface area contributed by atoms with Crippen LogP contribution in [0.25, 0.3) is 0 Å². The first-order valence-corrected chi connectivity index (χ1v) is 7.57. The van der Waals surface area contributed by atoms with Gasteiger partial charge in [0.15, 0.2) is 0 Å². The van der Waals surface area contributed by atoms with Crippen molar-refractivity contribution in [2.75, 3.05) is 26.2 Å². The number of hydrogen-bond acceptors (Lipinski definition) is 2. The van der Waals surface area contributed by atoms with E-state index in [-0.39, 0.29) is 18.4 Å². The Morgan fingerprint density at radius 1 is 1.32 bits per heavy atom. The number of amides is 2. The highest BCUT2D eigenvalue weighted by Gasteiger charge is 2.23. The standard InChI is InChI=1S/C15H28N2O2/c1-4-5-6-9-16(14(3)18)12-15(19)17-10-7-8-13(2)11-17/h13H,4-12H2,1-3H3. The maximum absolute atomic E-state index is 12.2. The molecule has 1 saturated heterocycles. The molecule has 0 radical (unpaired) electrons. The Labute approximate surface area is 117 Å². The number of hydrogen-bond donors (Lipinski definition) is 0. The molecule has 0 aromatic heterocycles. The molecular weight excluding hydrogens is 240 g/mol. The molecule has 0 aliphatic carbocycles. The summed E-state index contributed by atoms with van der Waals surface area (Å²) in [4.78, 5) is 27.4. The second-order valence-electron chi connectivity index (χ2n) is 5.73. The quantitative estimate of drug-likeness (QED) is 0.693. The average molecular weight is 268 g/mol. The second-order valence-corrected chi connectivity index (χ2v) is 5.73. The number of carbonyl (C=O) groups is 2. The second kappa shape index (κ2) is 8.18. The number of rotatable bonds is 6. The van der Waals surface area contributed by atoms with Crippen molar-refractivity contribution in [1.29, 1.82) is 0 Å². The van der Waals surface area contributed by atoms with Gasteiger partial charge in [0, 0.05) is 26.6 Å². The molecule has 0 aromatic carbocycles. The molecule has 1 rings (SSSR count). The van der Waals surface area contributed by atoms with Crippen LogP contribution in [0.1, 0.15) is 52.9 Å².